The van der Waals surface area contributed by atoms with Gasteiger partial charge in [-0.05, 0) is 36.1 Å². The maximum Gasteiger partial charge on any atom is 0.224 e. The van der Waals surface area contributed by atoms with Crippen LogP contribution < -0.4 is 0 Å². The molecular formula is C23H15Cl2N3S. The van der Waals surface area contributed by atoms with Crippen molar-refractivity contribution in [3.8, 4) is 17.1 Å². The van der Waals surface area contributed by atoms with E-state index in [2.05, 4.69) is 38.8 Å². The smallest absolute Gasteiger partial charge is 0.224 e. The maximum atomic E-state index is 6.41. The van der Waals surface area contributed by atoms with Crippen molar-refractivity contribution in [3.63, 3.8) is 0 Å². The van der Waals surface area contributed by atoms with Crippen molar-refractivity contribution in [2.75, 3.05) is 6.26 Å². The van der Waals surface area contributed by atoms with Crippen molar-refractivity contribution in [1.82, 2.24) is 14.5 Å². The number of halogens is 2. The Kier molecular flexibility index (Phi) is 4.70. The molecule has 3 aromatic carbocycles. The molecule has 0 unspecified atom stereocenters. The fourth-order valence-corrected chi connectivity index (χ4v) is 4.98. The lowest BCUT2D eigenvalue weighted by atomic mass is 10.1. The lowest BCUT2D eigenvalue weighted by Crippen LogP contribution is -2.01. The van der Waals surface area contributed by atoms with Crippen LogP contribution in [0.5, 0.6) is 0 Å². The van der Waals surface area contributed by atoms with Gasteiger partial charge in [0.1, 0.15) is 5.82 Å². The third kappa shape index (κ3) is 3.08. The van der Waals surface area contributed by atoms with Crippen LogP contribution in [0.3, 0.4) is 0 Å². The van der Waals surface area contributed by atoms with Gasteiger partial charge < -0.3 is 0 Å². The molecular weight excluding hydrogens is 421 g/mol. The van der Waals surface area contributed by atoms with E-state index in [-0.39, 0.29) is 5.28 Å². The first-order valence-corrected chi connectivity index (χ1v) is 11.0. The van der Waals surface area contributed by atoms with Gasteiger partial charge in [0, 0.05) is 27.3 Å². The van der Waals surface area contributed by atoms with Crippen LogP contribution in [-0.4, -0.2) is 20.8 Å². The highest BCUT2D eigenvalue weighted by molar-refractivity contribution is 7.98. The number of nitrogens with zero attached hydrogens (tertiary/aromatic N) is 3. The van der Waals surface area contributed by atoms with Gasteiger partial charge in [-0.15, -0.1) is 11.8 Å². The predicted octanol–water partition coefficient (Wildman–Crippen LogP) is 7.27. The van der Waals surface area contributed by atoms with Gasteiger partial charge in [0.05, 0.1) is 21.7 Å². The minimum Gasteiger partial charge on any atom is -0.294 e. The Balaban J connectivity index is 1.82. The molecule has 2 heterocycles. The Hall–Kier alpha value is -2.53. The van der Waals surface area contributed by atoms with Gasteiger partial charge in [-0.3, -0.25) is 4.57 Å². The number of benzene rings is 3. The Morgan fingerprint density at radius 1 is 0.793 bits per heavy atom. The van der Waals surface area contributed by atoms with Crippen molar-refractivity contribution in [2.45, 2.75) is 4.90 Å². The molecule has 0 aliphatic heterocycles. The Morgan fingerprint density at radius 3 is 2.10 bits per heavy atom. The topological polar surface area (TPSA) is 30.7 Å². The molecule has 0 saturated carbocycles. The molecule has 2 aromatic heterocycles. The first kappa shape index (κ1) is 18.5. The quantitative estimate of drug-likeness (QED) is 0.220. The van der Waals surface area contributed by atoms with Gasteiger partial charge in [0.25, 0.3) is 0 Å². The van der Waals surface area contributed by atoms with E-state index >= 15 is 0 Å². The van der Waals surface area contributed by atoms with Crippen molar-refractivity contribution in [1.29, 1.82) is 0 Å². The standard InChI is InChI=1S/C23H15Cl2N3S/c1-29-22-16(9-6-10-17(22)24)18-13-21(27-23(25)26-18)28-19-11-4-2-7-14(19)15-8-3-5-12-20(15)28/h2-13H,1H3. The second-order valence-corrected chi connectivity index (χ2v) is 8.13. The fraction of sp³-hybridized carbons (Fsp3) is 0.0435. The first-order chi connectivity index (χ1) is 14.2. The molecule has 0 saturated heterocycles. The highest BCUT2D eigenvalue weighted by atomic mass is 35.5. The number of aromatic nitrogens is 3. The molecule has 0 atom stereocenters. The number of thioether (sulfide) groups is 1. The van der Waals surface area contributed by atoms with E-state index in [0.717, 1.165) is 33.0 Å². The summed E-state index contributed by atoms with van der Waals surface area (Å²) in [6, 6.07) is 24.4. The summed E-state index contributed by atoms with van der Waals surface area (Å²) in [6.07, 6.45) is 2.00. The SMILES string of the molecule is CSc1c(Cl)cccc1-c1cc(-n2c3ccccc3c3ccccc32)nc(Cl)n1. The van der Waals surface area contributed by atoms with Crippen LogP contribution >= 0.6 is 35.0 Å². The summed E-state index contributed by atoms with van der Waals surface area (Å²) in [7, 11) is 0. The molecule has 0 bridgehead atoms. The molecule has 3 nitrogen and oxygen atoms in total. The van der Waals surface area contributed by atoms with E-state index in [9.17, 15) is 0 Å². The normalized spacial score (nSPS) is 11.4. The number of rotatable bonds is 3. The summed E-state index contributed by atoms with van der Waals surface area (Å²) in [5, 5.41) is 3.24. The minimum atomic E-state index is 0.200. The fourth-order valence-electron chi connectivity index (χ4n) is 3.75. The summed E-state index contributed by atoms with van der Waals surface area (Å²) < 4.78 is 2.13. The van der Waals surface area contributed by atoms with E-state index < -0.39 is 0 Å². The monoisotopic (exact) mass is 435 g/mol. The average molecular weight is 436 g/mol. The minimum absolute atomic E-state index is 0.200. The van der Waals surface area contributed by atoms with Crippen molar-refractivity contribution >= 4 is 56.8 Å². The molecule has 0 aliphatic carbocycles. The van der Waals surface area contributed by atoms with E-state index in [4.69, 9.17) is 23.2 Å². The van der Waals surface area contributed by atoms with E-state index in [0.29, 0.717) is 5.02 Å². The van der Waals surface area contributed by atoms with Gasteiger partial charge in [-0.25, -0.2) is 4.98 Å². The Labute approximate surface area is 182 Å². The Bertz CT molecular complexity index is 1320. The third-order valence-corrected chi connectivity index (χ3v) is 6.39. The summed E-state index contributed by atoms with van der Waals surface area (Å²) in [4.78, 5) is 10.0. The van der Waals surface area contributed by atoms with Gasteiger partial charge in [0.2, 0.25) is 5.28 Å². The molecule has 142 valence electrons. The molecule has 0 N–H and O–H groups in total. The van der Waals surface area contributed by atoms with Crippen LogP contribution in [0.15, 0.2) is 77.7 Å². The molecule has 29 heavy (non-hydrogen) atoms. The largest absolute Gasteiger partial charge is 0.294 e. The van der Waals surface area contributed by atoms with Crippen molar-refractivity contribution < 1.29 is 0 Å². The molecule has 0 aliphatic rings. The molecule has 5 rings (SSSR count). The number of fused-ring (bicyclic) bond motifs is 3. The van der Waals surface area contributed by atoms with E-state index in [1.54, 1.807) is 11.8 Å². The van der Waals surface area contributed by atoms with Crippen LogP contribution in [0.4, 0.5) is 0 Å². The van der Waals surface area contributed by atoms with Crippen LogP contribution in [0, 0.1) is 0 Å². The van der Waals surface area contributed by atoms with Crippen LogP contribution in [0.25, 0.3) is 38.9 Å². The highest BCUT2D eigenvalue weighted by Gasteiger charge is 2.16. The van der Waals surface area contributed by atoms with Crippen LogP contribution in [0.2, 0.25) is 10.3 Å². The number of hydrogen-bond donors (Lipinski definition) is 0. The summed E-state index contributed by atoms with van der Waals surface area (Å²) >= 11 is 14.4. The summed E-state index contributed by atoms with van der Waals surface area (Å²) in [6.45, 7) is 0. The highest BCUT2D eigenvalue weighted by Crippen LogP contribution is 2.37. The molecule has 0 spiro atoms. The van der Waals surface area contributed by atoms with Crippen molar-refractivity contribution in [3.05, 3.63) is 83.1 Å². The van der Waals surface area contributed by atoms with Gasteiger partial charge >= 0.3 is 0 Å². The predicted molar refractivity (Wildman–Crippen MR) is 124 cm³/mol. The van der Waals surface area contributed by atoms with E-state index in [1.807, 2.05) is 54.8 Å². The van der Waals surface area contributed by atoms with Gasteiger partial charge in [0.15, 0.2) is 0 Å². The first-order valence-electron chi connectivity index (χ1n) is 9.03. The zero-order chi connectivity index (χ0) is 20.0. The van der Waals surface area contributed by atoms with E-state index in [1.165, 1.54) is 10.8 Å². The molecule has 6 heteroatoms. The molecule has 0 amide bonds. The lowest BCUT2D eigenvalue weighted by Gasteiger charge is -2.12. The number of hydrogen-bond acceptors (Lipinski definition) is 3. The Morgan fingerprint density at radius 2 is 1.45 bits per heavy atom. The zero-order valence-electron chi connectivity index (χ0n) is 15.4. The molecule has 0 fully saturated rings. The zero-order valence-corrected chi connectivity index (χ0v) is 17.8. The molecule has 0 radical (unpaired) electrons. The summed E-state index contributed by atoms with van der Waals surface area (Å²) in [5.74, 6) is 0.726. The summed E-state index contributed by atoms with van der Waals surface area (Å²) in [5.41, 5.74) is 3.83. The number of para-hydroxylation sites is 2. The van der Waals surface area contributed by atoms with Crippen molar-refractivity contribution in [2.24, 2.45) is 0 Å². The second-order valence-electron chi connectivity index (χ2n) is 6.57. The van der Waals surface area contributed by atoms with Crippen LogP contribution in [0.1, 0.15) is 0 Å². The van der Waals surface area contributed by atoms with Gasteiger partial charge in [-0.1, -0.05) is 60.1 Å². The lowest BCUT2D eigenvalue weighted by molar-refractivity contribution is 1.04. The molecule has 5 aromatic rings. The maximum absolute atomic E-state index is 6.41. The second kappa shape index (κ2) is 7.38. The average Bonchev–Trinajstić information content (AvgIpc) is 3.07. The third-order valence-electron chi connectivity index (χ3n) is 4.94. The van der Waals surface area contributed by atoms with Gasteiger partial charge in [-0.2, -0.15) is 4.98 Å². The van der Waals surface area contributed by atoms with Crippen LogP contribution in [-0.2, 0) is 0 Å².